The molecule has 2 amide bonds. The highest BCUT2D eigenvalue weighted by molar-refractivity contribution is 9.10. The Morgan fingerprint density at radius 1 is 1.00 bits per heavy atom. The summed E-state index contributed by atoms with van der Waals surface area (Å²) in [5.41, 5.74) is 2.00. The van der Waals surface area contributed by atoms with E-state index in [0.29, 0.717) is 24.6 Å². The van der Waals surface area contributed by atoms with Gasteiger partial charge in [0.1, 0.15) is 5.01 Å². The Morgan fingerprint density at radius 3 is 2.36 bits per heavy atom. The predicted molar refractivity (Wildman–Crippen MR) is 137 cm³/mol. The molecule has 0 aliphatic carbocycles. The summed E-state index contributed by atoms with van der Waals surface area (Å²) in [4.78, 5) is 27.3. The monoisotopic (exact) mass is 528 g/mol. The van der Waals surface area contributed by atoms with Gasteiger partial charge in [-0.3, -0.25) is 9.59 Å². The molecule has 3 rings (SSSR count). The number of hydrogen-bond acceptors (Lipinski definition) is 5. The highest BCUT2D eigenvalue weighted by Crippen LogP contribution is 2.27. The highest BCUT2D eigenvalue weighted by Gasteiger charge is 2.22. The van der Waals surface area contributed by atoms with Gasteiger partial charge in [-0.1, -0.05) is 90.5 Å². The summed E-state index contributed by atoms with van der Waals surface area (Å²) < 4.78 is 0.988. The van der Waals surface area contributed by atoms with Crippen LogP contribution in [-0.2, 0) is 16.0 Å². The van der Waals surface area contributed by atoms with Gasteiger partial charge in [-0.05, 0) is 29.5 Å². The van der Waals surface area contributed by atoms with E-state index >= 15 is 0 Å². The van der Waals surface area contributed by atoms with Crippen molar-refractivity contribution in [3.8, 4) is 10.6 Å². The summed E-state index contributed by atoms with van der Waals surface area (Å²) in [6, 6.07) is 17.8. The van der Waals surface area contributed by atoms with Crippen molar-refractivity contribution >= 4 is 44.2 Å². The van der Waals surface area contributed by atoms with E-state index in [-0.39, 0.29) is 23.7 Å². The van der Waals surface area contributed by atoms with Crippen LogP contribution in [0, 0.1) is 5.41 Å². The molecular weight excluding hydrogens is 500 g/mol. The normalized spacial score (nSPS) is 11.3. The predicted octanol–water partition coefficient (Wildman–Crippen LogP) is 5.80. The third kappa shape index (κ3) is 8.37. The molecule has 1 N–H and O–H groups in total. The van der Waals surface area contributed by atoms with Gasteiger partial charge < -0.3 is 10.2 Å². The van der Waals surface area contributed by atoms with Crippen molar-refractivity contribution in [2.75, 3.05) is 18.4 Å². The quantitative estimate of drug-likeness (QED) is 0.380. The molecule has 0 aliphatic rings. The van der Waals surface area contributed by atoms with Crippen LogP contribution in [0.5, 0.6) is 0 Å². The molecule has 33 heavy (non-hydrogen) atoms. The Hall–Kier alpha value is -2.58. The molecule has 0 spiro atoms. The average Bonchev–Trinajstić information content (AvgIpc) is 3.22. The minimum Gasteiger partial charge on any atom is -0.342 e. The first kappa shape index (κ1) is 25.1. The molecule has 0 bridgehead atoms. The molecule has 0 saturated heterocycles. The number of benzene rings is 2. The van der Waals surface area contributed by atoms with Gasteiger partial charge in [-0.15, -0.1) is 10.2 Å². The Morgan fingerprint density at radius 2 is 1.70 bits per heavy atom. The van der Waals surface area contributed by atoms with Crippen LogP contribution in [0.3, 0.4) is 0 Å². The standard InChI is InChI=1S/C25H29BrN4O2S/c1-25(2,3)17-22(32)30(15-13-18-7-5-4-6-8-18)16-14-21(31)27-24-29-28-23(33-24)19-9-11-20(26)12-10-19/h4-12H,13-17H2,1-3H3,(H,27,29,31). The van der Waals surface area contributed by atoms with Gasteiger partial charge in [-0.25, -0.2) is 0 Å². The number of amides is 2. The number of carbonyl (C=O) groups excluding carboxylic acids is 2. The molecule has 0 radical (unpaired) electrons. The van der Waals surface area contributed by atoms with Gasteiger partial charge in [0.05, 0.1) is 0 Å². The summed E-state index contributed by atoms with van der Waals surface area (Å²) >= 11 is 4.74. The van der Waals surface area contributed by atoms with Crippen LogP contribution in [0.25, 0.3) is 10.6 Å². The largest absolute Gasteiger partial charge is 0.342 e. The first-order chi connectivity index (χ1) is 15.7. The average molecular weight is 530 g/mol. The zero-order valence-corrected chi connectivity index (χ0v) is 21.6. The molecule has 1 heterocycles. The maximum absolute atomic E-state index is 12.9. The van der Waals surface area contributed by atoms with Crippen LogP contribution in [0.15, 0.2) is 59.1 Å². The first-order valence-corrected chi connectivity index (χ1v) is 12.5. The topological polar surface area (TPSA) is 75.2 Å². The number of halogens is 1. The molecule has 0 fully saturated rings. The summed E-state index contributed by atoms with van der Waals surface area (Å²) in [5.74, 6) is -0.110. The van der Waals surface area contributed by atoms with Crippen molar-refractivity contribution in [3.63, 3.8) is 0 Å². The Labute approximate surface area is 207 Å². The molecule has 0 unspecified atom stereocenters. The summed E-state index contributed by atoms with van der Waals surface area (Å²) in [5, 5.41) is 12.3. The molecule has 0 atom stereocenters. The van der Waals surface area contributed by atoms with Gasteiger partial charge in [0.2, 0.25) is 16.9 Å². The smallest absolute Gasteiger partial charge is 0.227 e. The first-order valence-electron chi connectivity index (χ1n) is 10.9. The fourth-order valence-corrected chi connectivity index (χ4v) is 4.27. The summed E-state index contributed by atoms with van der Waals surface area (Å²) in [7, 11) is 0. The second kappa shape index (κ2) is 11.5. The zero-order chi connectivity index (χ0) is 23.8. The Balaban J connectivity index is 1.57. The van der Waals surface area contributed by atoms with Crippen molar-refractivity contribution in [1.82, 2.24) is 15.1 Å². The summed E-state index contributed by atoms with van der Waals surface area (Å²) in [6.07, 6.45) is 1.40. The van der Waals surface area contributed by atoms with Crippen molar-refractivity contribution in [1.29, 1.82) is 0 Å². The lowest BCUT2D eigenvalue weighted by atomic mass is 9.91. The molecule has 0 saturated carbocycles. The van der Waals surface area contributed by atoms with Crippen LogP contribution >= 0.6 is 27.3 Å². The van der Waals surface area contributed by atoms with Gasteiger partial charge in [0, 0.05) is 36.0 Å². The van der Waals surface area contributed by atoms with Crippen molar-refractivity contribution < 1.29 is 9.59 Å². The molecular formula is C25H29BrN4O2S. The van der Waals surface area contributed by atoms with Crippen LogP contribution in [0.4, 0.5) is 5.13 Å². The second-order valence-corrected chi connectivity index (χ2v) is 11.0. The number of hydrogen-bond donors (Lipinski definition) is 1. The van der Waals surface area contributed by atoms with E-state index in [0.717, 1.165) is 21.5 Å². The van der Waals surface area contributed by atoms with Gasteiger partial charge in [0.15, 0.2) is 0 Å². The number of carbonyl (C=O) groups is 2. The lowest BCUT2D eigenvalue weighted by Crippen LogP contribution is -2.37. The van der Waals surface area contributed by atoms with Gasteiger partial charge >= 0.3 is 0 Å². The number of nitrogens with zero attached hydrogens (tertiary/aromatic N) is 3. The third-order valence-corrected chi connectivity index (χ3v) is 6.34. The molecule has 174 valence electrons. The molecule has 6 nitrogen and oxygen atoms in total. The lowest BCUT2D eigenvalue weighted by molar-refractivity contribution is -0.133. The SMILES string of the molecule is CC(C)(C)CC(=O)N(CCC(=O)Nc1nnc(-c2ccc(Br)cc2)s1)CCc1ccccc1. The molecule has 3 aromatic rings. The van der Waals surface area contributed by atoms with E-state index in [1.165, 1.54) is 16.9 Å². The van der Waals surface area contributed by atoms with Crippen LogP contribution in [0.1, 0.15) is 39.2 Å². The number of anilines is 1. The van der Waals surface area contributed by atoms with Crippen molar-refractivity contribution in [3.05, 3.63) is 64.6 Å². The number of aromatic nitrogens is 2. The van der Waals surface area contributed by atoms with Crippen LogP contribution in [-0.4, -0.2) is 40.0 Å². The molecule has 2 aromatic carbocycles. The maximum atomic E-state index is 12.9. The van der Waals surface area contributed by atoms with E-state index in [1.54, 1.807) is 4.90 Å². The minimum atomic E-state index is -0.179. The summed E-state index contributed by atoms with van der Waals surface area (Å²) in [6.45, 7) is 7.09. The Kier molecular flexibility index (Phi) is 8.74. The van der Waals surface area contributed by atoms with Crippen LogP contribution < -0.4 is 5.32 Å². The molecule has 1 aromatic heterocycles. The van der Waals surface area contributed by atoms with Crippen LogP contribution in [0.2, 0.25) is 0 Å². The van der Waals surface area contributed by atoms with Gasteiger partial charge in [0.25, 0.3) is 0 Å². The lowest BCUT2D eigenvalue weighted by Gasteiger charge is -2.26. The third-order valence-electron chi connectivity index (χ3n) is 4.92. The Bertz CT molecular complexity index is 1060. The van der Waals surface area contributed by atoms with E-state index in [4.69, 9.17) is 0 Å². The van der Waals surface area contributed by atoms with E-state index in [1.807, 2.05) is 63.2 Å². The number of rotatable bonds is 9. The van der Waals surface area contributed by atoms with E-state index in [2.05, 4.69) is 43.6 Å². The fourth-order valence-electron chi connectivity index (χ4n) is 3.24. The number of nitrogens with one attached hydrogen (secondary N) is 1. The van der Waals surface area contributed by atoms with Crippen molar-refractivity contribution in [2.45, 2.75) is 40.0 Å². The highest BCUT2D eigenvalue weighted by atomic mass is 79.9. The van der Waals surface area contributed by atoms with Crippen molar-refractivity contribution in [2.24, 2.45) is 5.41 Å². The molecule has 0 aliphatic heterocycles. The molecule has 8 heteroatoms. The second-order valence-electron chi connectivity index (χ2n) is 9.07. The maximum Gasteiger partial charge on any atom is 0.227 e. The fraction of sp³-hybridized carbons (Fsp3) is 0.360. The zero-order valence-electron chi connectivity index (χ0n) is 19.2. The van der Waals surface area contributed by atoms with E-state index in [9.17, 15) is 9.59 Å². The van der Waals surface area contributed by atoms with Gasteiger partial charge in [-0.2, -0.15) is 0 Å². The van der Waals surface area contributed by atoms with E-state index < -0.39 is 0 Å². The minimum absolute atomic E-state index is 0.0691.